The lowest BCUT2D eigenvalue weighted by Crippen LogP contribution is -2.63. The number of unbranched alkanes of at least 4 members (excludes halogenated alkanes) is 1. The molecule has 1 fully saturated rings. The van der Waals surface area contributed by atoms with Crippen molar-refractivity contribution in [1.29, 1.82) is 0 Å². The van der Waals surface area contributed by atoms with Crippen LogP contribution >= 0.6 is 11.8 Å². The molecule has 134 valence electrons. The zero-order valence-electron chi connectivity index (χ0n) is 14.6. The molecule has 2 unspecified atom stereocenters. The number of rotatable bonds is 6. The van der Waals surface area contributed by atoms with E-state index in [-0.39, 0.29) is 11.9 Å². The lowest BCUT2D eigenvalue weighted by atomic mass is 10.1. The van der Waals surface area contributed by atoms with Crippen molar-refractivity contribution in [1.82, 2.24) is 15.1 Å². The molecule has 0 aliphatic carbocycles. The quantitative estimate of drug-likeness (QED) is 0.791. The summed E-state index contributed by atoms with van der Waals surface area (Å²) in [6.45, 7) is 2.86. The van der Waals surface area contributed by atoms with E-state index in [1.54, 1.807) is 18.8 Å². The van der Waals surface area contributed by atoms with Gasteiger partial charge >= 0.3 is 6.03 Å². The summed E-state index contributed by atoms with van der Waals surface area (Å²) in [5, 5.41) is 3.31. The zero-order valence-corrected chi connectivity index (χ0v) is 15.5. The third-order valence-corrected chi connectivity index (χ3v) is 5.63. The van der Waals surface area contributed by atoms with Gasteiger partial charge in [-0.25, -0.2) is 9.79 Å². The Morgan fingerprint density at radius 1 is 1.24 bits per heavy atom. The number of hydrogen-bond acceptors (Lipinski definition) is 5. The lowest BCUT2D eigenvalue weighted by Gasteiger charge is -2.36. The molecule has 2 heterocycles. The molecule has 1 aromatic rings. The standard InChI is InChI=1S/C18H24N4O2S/c1-3-4-12-25-18-19-15-14(16(23)20-17(24)21(15)2)22(18)11-10-13-8-6-5-7-9-13/h5-9,14-15H,3-4,10-12H2,1-2H3,(H,20,23,24). The number of carbonyl (C=O) groups is 2. The first-order valence-electron chi connectivity index (χ1n) is 8.70. The second-order valence-corrected chi connectivity index (χ2v) is 7.37. The third-order valence-electron chi connectivity index (χ3n) is 4.54. The number of nitrogens with zero attached hydrogens (tertiary/aromatic N) is 3. The van der Waals surface area contributed by atoms with Crippen LogP contribution in [0.3, 0.4) is 0 Å². The molecule has 0 spiro atoms. The van der Waals surface area contributed by atoms with Crippen LogP contribution in [0.2, 0.25) is 0 Å². The minimum Gasteiger partial charge on any atom is -0.335 e. The number of thioether (sulfide) groups is 1. The molecule has 2 atom stereocenters. The average molecular weight is 360 g/mol. The van der Waals surface area contributed by atoms with Crippen LogP contribution < -0.4 is 5.32 Å². The maximum Gasteiger partial charge on any atom is 0.325 e. The van der Waals surface area contributed by atoms with Crippen molar-refractivity contribution in [2.24, 2.45) is 4.99 Å². The minimum atomic E-state index is -0.435. The van der Waals surface area contributed by atoms with Gasteiger partial charge in [-0.1, -0.05) is 55.4 Å². The van der Waals surface area contributed by atoms with Crippen LogP contribution in [0.5, 0.6) is 0 Å². The van der Waals surface area contributed by atoms with Crippen LogP contribution in [0.25, 0.3) is 0 Å². The van der Waals surface area contributed by atoms with Crippen molar-refractivity contribution < 1.29 is 9.59 Å². The number of amidine groups is 1. The van der Waals surface area contributed by atoms with Gasteiger partial charge in [0, 0.05) is 19.3 Å². The van der Waals surface area contributed by atoms with Crippen molar-refractivity contribution in [2.75, 3.05) is 19.3 Å². The van der Waals surface area contributed by atoms with Crippen LogP contribution in [0, 0.1) is 0 Å². The fourth-order valence-corrected chi connectivity index (χ4v) is 4.23. The summed E-state index contributed by atoms with van der Waals surface area (Å²) in [5.74, 6) is 0.714. The molecule has 1 aromatic carbocycles. The molecule has 0 bridgehead atoms. The average Bonchev–Trinajstić information content (AvgIpc) is 2.98. The van der Waals surface area contributed by atoms with Gasteiger partial charge in [-0.15, -0.1) is 0 Å². The number of urea groups is 1. The van der Waals surface area contributed by atoms with Gasteiger partial charge in [-0.05, 0) is 18.4 Å². The number of nitrogens with one attached hydrogen (secondary N) is 1. The summed E-state index contributed by atoms with van der Waals surface area (Å²) in [5.41, 5.74) is 1.23. The molecule has 1 saturated heterocycles. The SMILES string of the molecule is CCCCSC1=NC2C(C(=O)NC(=O)N2C)N1CCc1ccccc1. The monoisotopic (exact) mass is 360 g/mol. The second-order valence-electron chi connectivity index (χ2n) is 6.31. The Morgan fingerprint density at radius 3 is 2.72 bits per heavy atom. The number of imide groups is 1. The smallest absolute Gasteiger partial charge is 0.325 e. The van der Waals surface area contributed by atoms with Gasteiger partial charge in [0.1, 0.15) is 0 Å². The Morgan fingerprint density at radius 2 is 2.00 bits per heavy atom. The molecule has 6 nitrogen and oxygen atoms in total. The molecule has 0 radical (unpaired) electrons. The molecule has 3 rings (SSSR count). The molecule has 2 aliphatic heterocycles. The van der Waals surface area contributed by atoms with E-state index in [0.717, 1.165) is 30.2 Å². The fraction of sp³-hybridized carbons (Fsp3) is 0.500. The third kappa shape index (κ3) is 3.81. The van der Waals surface area contributed by atoms with E-state index in [4.69, 9.17) is 4.99 Å². The molecular weight excluding hydrogens is 336 g/mol. The van der Waals surface area contributed by atoms with Gasteiger partial charge in [-0.3, -0.25) is 10.1 Å². The lowest BCUT2D eigenvalue weighted by molar-refractivity contribution is -0.127. The number of fused-ring (bicyclic) bond motifs is 1. The topological polar surface area (TPSA) is 65.0 Å². The summed E-state index contributed by atoms with van der Waals surface area (Å²) in [6, 6.07) is 9.40. The van der Waals surface area contributed by atoms with Crippen LogP contribution in [0.15, 0.2) is 35.3 Å². The Balaban J connectivity index is 1.77. The van der Waals surface area contributed by atoms with Gasteiger partial charge in [0.25, 0.3) is 5.91 Å². The van der Waals surface area contributed by atoms with E-state index in [1.807, 2.05) is 18.2 Å². The maximum atomic E-state index is 12.4. The van der Waals surface area contributed by atoms with E-state index in [9.17, 15) is 9.59 Å². The van der Waals surface area contributed by atoms with Gasteiger partial charge in [0.15, 0.2) is 17.4 Å². The Hall–Kier alpha value is -2.02. The minimum absolute atomic E-state index is 0.254. The van der Waals surface area contributed by atoms with E-state index in [0.29, 0.717) is 6.54 Å². The second kappa shape index (κ2) is 7.91. The van der Waals surface area contributed by atoms with Crippen LogP contribution in [0.1, 0.15) is 25.3 Å². The summed E-state index contributed by atoms with van der Waals surface area (Å²) in [7, 11) is 1.69. The van der Waals surface area contributed by atoms with E-state index in [2.05, 4.69) is 29.3 Å². The highest BCUT2D eigenvalue weighted by Crippen LogP contribution is 2.29. The first-order chi connectivity index (χ1) is 12.1. The Bertz CT molecular complexity index is 664. The summed E-state index contributed by atoms with van der Waals surface area (Å²) >= 11 is 1.68. The predicted molar refractivity (Wildman–Crippen MR) is 101 cm³/mol. The van der Waals surface area contributed by atoms with Gasteiger partial charge < -0.3 is 9.80 Å². The van der Waals surface area contributed by atoms with Crippen LogP contribution in [-0.2, 0) is 11.2 Å². The summed E-state index contributed by atoms with van der Waals surface area (Å²) < 4.78 is 0. The highest BCUT2D eigenvalue weighted by atomic mass is 32.2. The van der Waals surface area contributed by atoms with Crippen molar-refractivity contribution >= 4 is 28.9 Å². The maximum absolute atomic E-state index is 12.4. The summed E-state index contributed by atoms with van der Waals surface area (Å²) in [4.78, 5) is 32.6. The van der Waals surface area contributed by atoms with Crippen molar-refractivity contribution in [2.45, 2.75) is 38.4 Å². The van der Waals surface area contributed by atoms with Crippen molar-refractivity contribution in [3.63, 3.8) is 0 Å². The highest BCUT2D eigenvalue weighted by Gasteiger charge is 2.48. The zero-order chi connectivity index (χ0) is 17.8. The largest absolute Gasteiger partial charge is 0.335 e. The van der Waals surface area contributed by atoms with E-state index in [1.165, 1.54) is 10.5 Å². The normalized spacial score (nSPS) is 22.7. The number of aliphatic imine (C=N–C) groups is 1. The molecule has 0 aromatic heterocycles. The first kappa shape index (κ1) is 17.8. The molecule has 2 aliphatic rings. The molecule has 0 saturated carbocycles. The van der Waals surface area contributed by atoms with Gasteiger partial charge in [0.2, 0.25) is 0 Å². The van der Waals surface area contributed by atoms with Gasteiger partial charge in [-0.2, -0.15) is 0 Å². The number of hydrogen-bond donors (Lipinski definition) is 1. The van der Waals surface area contributed by atoms with Gasteiger partial charge in [0.05, 0.1) is 0 Å². The molecule has 25 heavy (non-hydrogen) atoms. The predicted octanol–water partition coefficient (Wildman–Crippen LogP) is 2.31. The van der Waals surface area contributed by atoms with Crippen LogP contribution in [-0.4, -0.2) is 58.5 Å². The highest BCUT2D eigenvalue weighted by molar-refractivity contribution is 8.13. The summed E-state index contributed by atoms with van der Waals surface area (Å²) in [6.07, 6.45) is 2.63. The number of carbonyl (C=O) groups excluding carboxylic acids is 2. The van der Waals surface area contributed by atoms with Crippen molar-refractivity contribution in [3.8, 4) is 0 Å². The Labute approximate surface area is 152 Å². The molecule has 3 amide bonds. The fourth-order valence-electron chi connectivity index (χ4n) is 3.06. The number of likely N-dealkylation sites (N-methyl/N-ethyl adjacent to an activating group) is 1. The molecule has 7 heteroatoms. The van der Waals surface area contributed by atoms with Crippen molar-refractivity contribution in [3.05, 3.63) is 35.9 Å². The molecular formula is C18H24N4O2S. The van der Waals surface area contributed by atoms with E-state index >= 15 is 0 Å². The number of benzene rings is 1. The number of amides is 3. The van der Waals surface area contributed by atoms with Crippen LogP contribution in [0.4, 0.5) is 4.79 Å². The Kier molecular flexibility index (Phi) is 5.63. The van der Waals surface area contributed by atoms with E-state index < -0.39 is 12.2 Å². The first-order valence-corrected chi connectivity index (χ1v) is 9.69. The molecule has 1 N–H and O–H groups in total.